The Hall–Kier alpha value is -1.99. The lowest BCUT2D eigenvalue weighted by molar-refractivity contribution is 0.0918. The van der Waals surface area contributed by atoms with E-state index in [1.54, 1.807) is 12.3 Å². The zero-order valence-corrected chi connectivity index (χ0v) is 16.2. The maximum absolute atomic E-state index is 14.1. The molecule has 2 aromatic rings. The van der Waals surface area contributed by atoms with Crippen LogP contribution in [0.4, 0.5) is 8.78 Å². The molecule has 5 nitrogen and oxygen atoms in total. The number of aromatic nitrogens is 2. The van der Waals surface area contributed by atoms with Crippen LogP contribution in [-0.4, -0.2) is 28.8 Å². The van der Waals surface area contributed by atoms with Gasteiger partial charge in [-0.25, -0.2) is 8.78 Å². The molecular weight excluding hydrogens is 374 g/mol. The van der Waals surface area contributed by atoms with E-state index >= 15 is 0 Å². The number of nitrogens with one attached hydrogen (secondary N) is 2. The molecule has 1 aromatic heterocycles. The Morgan fingerprint density at radius 1 is 1.33 bits per heavy atom. The van der Waals surface area contributed by atoms with Crippen LogP contribution < -0.4 is 10.6 Å². The van der Waals surface area contributed by atoms with E-state index < -0.39 is 17.7 Å². The van der Waals surface area contributed by atoms with Crippen molar-refractivity contribution in [3.63, 3.8) is 0 Å². The molecule has 1 saturated heterocycles. The predicted molar refractivity (Wildman–Crippen MR) is 102 cm³/mol. The Balaban J connectivity index is 0.00000261. The van der Waals surface area contributed by atoms with Gasteiger partial charge in [-0.2, -0.15) is 5.10 Å². The Morgan fingerprint density at radius 3 is 2.74 bits per heavy atom. The van der Waals surface area contributed by atoms with Crippen LogP contribution in [0.25, 0.3) is 0 Å². The highest BCUT2D eigenvalue weighted by atomic mass is 35.5. The van der Waals surface area contributed by atoms with Crippen LogP contribution in [-0.2, 0) is 0 Å². The number of halogens is 3. The van der Waals surface area contributed by atoms with Gasteiger partial charge in [0.25, 0.3) is 5.91 Å². The van der Waals surface area contributed by atoms with Crippen molar-refractivity contribution >= 4 is 18.3 Å². The van der Waals surface area contributed by atoms with Crippen molar-refractivity contribution in [2.75, 3.05) is 13.1 Å². The zero-order chi connectivity index (χ0) is 18.7. The Kier molecular flexibility index (Phi) is 7.33. The molecule has 0 spiro atoms. The van der Waals surface area contributed by atoms with Gasteiger partial charge in [-0.1, -0.05) is 19.9 Å². The van der Waals surface area contributed by atoms with Gasteiger partial charge in [-0.15, -0.1) is 12.4 Å². The number of hydrogen-bond acceptors (Lipinski definition) is 3. The summed E-state index contributed by atoms with van der Waals surface area (Å²) < 4.78 is 29.1. The van der Waals surface area contributed by atoms with Gasteiger partial charge in [0.2, 0.25) is 0 Å². The van der Waals surface area contributed by atoms with Crippen LogP contribution in [0, 0.1) is 17.6 Å². The molecule has 1 aliphatic rings. The highest BCUT2D eigenvalue weighted by molar-refractivity contribution is 5.92. The minimum absolute atomic E-state index is 0. The summed E-state index contributed by atoms with van der Waals surface area (Å²) in [4.78, 5) is 12.6. The molecule has 0 aliphatic carbocycles. The molecule has 3 rings (SSSR count). The highest BCUT2D eigenvalue weighted by Gasteiger charge is 2.24. The average molecular weight is 399 g/mol. The molecule has 0 bridgehead atoms. The van der Waals surface area contributed by atoms with Crippen LogP contribution in [0.2, 0.25) is 0 Å². The van der Waals surface area contributed by atoms with Gasteiger partial charge >= 0.3 is 0 Å². The van der Waals surface area contributed by atoms with E-state index in [9.17, 15) is 13.6 Å². The number of benzene rings is 1. The van der Waals surface area contributed by atoms with Gasteiger partial charge < -0.3 is 10.6 Å². The number of carbonyl (C=O) groups is 1. The van der Waals surface area contributed by atoms with Crippen LogP contribution in [0.3, 0.4) is 0 Å². The van der Waals surface area contributed by atoms with Crippen molar-refractivity contribution in [3.05, 3.63) is 53.4 Å². The first-order valence-corrected chi connectivity index (χ1v) is 8.97. The topological polar surface area (TPSA) is 59.0 Å². The number of hydrogen-bond donors (Lipinski definition) is 2. The molecule has 1 aromatic carbocycles. The largest absolute Gasteiger partial charge is 0.343 e. The smallest absolute Gasteiger partial charge is 0.272 e. The maximum Gasteiger partial charge on any atom is 0.272 e. The second-order valence-corrected chi connectivity index (χ2v) is 7.04. The van der Waals surface area contributed by atoms with E-state index in [0.29, 0.717) is 5.69 Å². The van der Waals surface area contributed by atoms with Crippen LogP contribution >= 0.6 is 12.4 Å². The molecule has 2 atom stereocenters. The molecule has 1 aliphatic heterocycles. The molecule has 2 N–H and O–H groups in total. The lowest BCUT2D eigenvalue weighted by Gasteiger charge is -2.24. The summed E-state index contributed by atoms with van der Waals surface area (Å²) in [6.45, 7) is 5.59. The van der Waals surface area contributed by atoms with Gasteiger partial charge in [0.1, 0.15) is 17.3 Å². The fourth-order valence-electron chi connectivity index (χ4n) is 3.29. The predicted octanol–water partition coefficient (Wildman–Crippen LogP) is 3.63. The van der Waals surface area contributed by atoms with Crippen molar-refractivity contribution in [2.24, 2.45) is 5.92 Å². The summed E-state index contributed by atoms with van der Waals surface area (Å²) in [5, 5.41) is 10.5. The van der Waals surface area contributed by atoms with Gasteiger partial charge in [0, 0.05) is 24.4 Å². The summed E-state index contributed by atoms with van der Waals surface area (Å²) in [7, 11) is 0. The molecule has 0 saturated carbocycles. The Morgan fingerprint density at radius 2 is 2.11 bits per heavy atom. The summed E-state index contributed by atoms with van der Waals surface area (Å²) in [6.07, 6.45) is 3.89. The molecular formula is C19H25ClF2N4O. The lowest BCUT2D eigenvalue weighted by atomic mass is 9.95. The number of piperidine rings is 1. The maximum atomic E-state index is 14.1. The summed E-state index contributed by atoms with van der Waals surface area (Å²) in [6, 6.07) is 4.75. The van der Waals surface area contributed by atoms with Crippen molar-refractivity contribution in [1.82, 2.24) is 20.4 Å². The summed E-state index contributed by atoms with van der Waals surface area (Å²) in [5.41, 5.74) is 0.564. The number of rotatable bonds is 5. The number of nitrogens with zero attached hydrogens (tertiary/aromatic N) is 2. The van der Waals surface area contributed by atoms with E-state index in [1.807, 2.05) is 18.5 Å². The molecule has 2 unspecified atom stereocenters. The Bertz CT molecular complexity index is 775. The quantitative estimate of drug-likeness (QED) is 0.808. The summed E-state index contributed by atoms with van der Waals surface area (Å²) in [5.74, 6) is -1.73. The molecule has 2 heterocycles. The minimum atomic E-state index is -0.664. The monoisotopic (exact) mass is 398 g/mol. The molecule has 1 fully saturated rings. The van der Waals surface area contributed by atoms with Crippen LogP contribution in [0.15, 0.2) is 30.5 Å². The third kappa shape index (κ3) is 5.05. The minimum Gasteiger partial charge on any atom is -0.343 e. The SMILES string of the molecule is CC(C)C(NC(=O)c1ccn(C2CCCNC2)n1)c1ccc(F)cc1F.Cl. The van der Waals surface area contributed by atoms with Gasteiger partial charge in [-0.05, 0) is 37.4 Å². The van der Waals surface area contributed by atoms with Gasteiger partial charge in [0.15, 0.2) is 0 Å². The summed E-state index contributed by atoms with van der Waals surface area (Å²) >= 11 is 0. The fourth-order valence-corrected chi connectivity index (χ4v) is 3.29. The number of amides is 1. The first-order chi connectivity index (χ1) is 12.5. The lowest BCUT2D eigenvalue weighted by Crippen LogP contribution is -2.34. The first kappa shape index (κ1) is 21.3. The third-order valence-corrected chi connectivity index (χ3v) is 4.74. The normalized spacial score (nSPS) is 18.0. The standard InChI is InChI=1S/C19H24F2N4O.ClH/c1-12(2)18(15-6-5-13(20)10-16(15)21)23-19(26)17-7-9-25(24-17)14-4-3-8-22-11-14;/h5-7,9-10,12,14,18,22H,3-4,8,11H2,1-2H3,(H,23,26);1H. The Labute approximate surface area is 163 Å². The second-order valence-electron chi connectivity index (χ2n) is 7.04. The van der Waals surface area contributed by atoms with Crippen LogP contribution in [0.1, 0.15) is 54.8 Å². The molecule has 8 heteroatoms. The molecule has 1 amide bonds. The van der Waals surface area contributed by atoms with E-state index in [4.69, 9.17) is 0 Å². The molecule has 0 radical (unpaired) electrons. The van der Waals surface area contributed by atoms with Gasteiger partial charge in [0.05, 0.1) is 12.1 Å². The highest BCUT2D eigenvalue weighted by Crippen LogP contribution is 2.25. The van der Waals surface area contributed by atoms with E-state index in [2.05, 4.69) is 15.7 Å². The van der Waals surface area contributed by atoms with E-state index in [0.717, 1.165) is 32.0 Å². The van der Waals surface area contributed by atoms with Crippen molar-refractivity contribution in [1.29, 1.82) is 0 Å². The van der Waals surface area contributed by atoms with Crippen LogP contribution in [0.5, 0.6) is 0 Å². The average Bonchev–Trinajstić information content (AvgIpc) is 3.11. The van der Waals surface area contributed by atoms with E-state index in [1.165, 1.54) is 12.1 Å². The third-order valence-electron chi connectivity index (χ3n) is 4.74. The van der Waals surface area contributed by atoms with E-state index in [-0.39, 0.29) is 35.8 Å². The van der Waals surface area contributed by atoms with Crippen molar-refractivity contribution in [3.8, 4) is 0 Å². The van der Waals surface area contributed by atoms with Gasteiger partial charge in [-0.3, -0.25) is 9.48 Å². The molecule has 148 valence electrons. The first-order valence-electron chi connectivity index (χ1n) is 8.97. The second kappa shape index (κ2) is 9.28. The van der Waals surface area contributed by atoms with Crippen molar-refractivity contribution in [2.45, 2.75) is 38.8 Å². The van der Waals surface area contributed by atoms with Crippen molar-refractivity contribution < 1.29 is 13.6 Å². The zero-order valence-electron chi connectivity index (χ0n) is 15.4. The molecule has 27 heavy (non-hydrogen) atoms. The number of carbonyl (C=O) groups excluding carboxylic acids is 1. The fraction of sp³-hybridized carbons (Fsp3) is 0.474.